The van der Waals surface area contributed by atoms with Crippen LogP contribution in [0.1, 0.15) is 5.89 Å². The first kappa shape index (κ1) is 8.77. The first-order valence-electron chi connectivity index (χ1n) is 4.11. The fraction of sp³-hybridized carbons (Fsp3) is 0.714. The van der Waals surface area contributed by atoms with Crippen molar-refractivity contribution in [3.8, 4) is 0 Å². The van der Waals surface area contributed by atoms with Crippen molar-refractivity contribution in [1.82, 2.24) is 10.2 Å². The number of alkyl halides is 1. The molecule has 72 valence electrons. The van der Waals surface area contributed by atoms with Gasteiger partial charge in [-0.3, -0.25) is 0 Å². The van der Waals surface area contributed by atoms with Gasteiger partial charge in [0.2, 0.25) is 5.89 Å². The molecule has 13 heavy (non-hydrogen) atoms. The van der Waals surface area contributed by atoms with Gasteiger partial charge in [-0.05, 0) is 0 Å². The van der Waals surface area contributed by atoms with E-state index in [-0.39, 0.29) is 5.88 Å². The van der Waals surface area contributed by atoms with Crippen LogP contribution in [0, 0.1) is 0 Å². The molecule has 0 radical (unpaired) electrons. The van der Waals surface area contributed by atoms with Crippen LogP contribution in [0.25, 0.3) is 0 Å². The number of rotatable bonds is 2. The van der Waals surface area contributed by atoms with Gasteiger partial charge < -0.3 is 14.1 Å². The summed E-state index contributed by atoms with van der Waals surface area (Å²) in [6, 6.07) is 0.541. The van der Waals surface area contributed by atoms with Gasteiger partial charge >= 0.3 is 6.01 Å². The molecule has 0 atom stereocenters. The lowest BCUT2D eigenvalue weighted by Gasteiger charge is -2.24. The summed E-state index contributed by atoms with van der Waals surface area (Å²) in [6.07, 6.45) is 0. The number of nitrogens with zero attached hydrogens (tertiary/aromatic N) is 3. The first-order valence-corrected chi connectivity index (χ1v) is 4.64. The van der Waals surface area contributed by atoms with E-state index in [1.807, 2.05) is 4.90 Å². The predicted molar refractivity (Wildman–Crippen MR) is 46.9 cm³/mol. The summed E-state index contributed by atoms with van der Waals surface area (Å²) in [4.78, 5) is 1.99. The Balaban J connectivity index is 2.05. The lowest BCUT2D eigenvalue weighted by atomic mass is 10.5. The van der Waals surface area contributed by atoms with Crippen LogP contribution >= 0.6 is 11.6 Å². The van der Waals surface area contributed by atoms with Crippen LogP contribution in [0.15, 0.2) is 4.42 Å². The lowest BCUT2D eigenvalue weighted by Crippen LogP contribution is -2.36. The Morgan fingerprint density at radius 3 is 2.69 bits per heavy atom. The average molecular weight is 204 g/mol. The Morgan fingerprint density at radius 1 is 1.31 bits per heavy atom. The van der Waals surface area contributed by atoms with Gasteiger partial charge in [0.25, 0.3) is 0 Å². The molecule has 1 aromatic rings. The van der Waals surface area contributed by atoms with E-state index in [0.29, 0.717) is 25.1 Å². The summed E-state index contributed by atoms with van der Waals surface area (Å²) in [5, 5.41) is 7.66. The number of ether oxygens (including phenoxy) is 1. The molecule has 0 aliphatic carbocycles. The van der Waals surface area contributed by atoms with E-state index in [1.54, 1.807) is 0 Å². The molecule has 2 rings (SSSR count). The van der Waals surface area contributed by atoms with E-state index < -0.39 is 0 Å². The highest BCUT2D eigenvalue weighted by atomic mass is 35.5. The number of halogens is 1. The third kappa shape index (κ3) is 1.92. The maximum atomic E-state index is 5.54. The van der Waals surface area contributed by atoms with Crippen molar-refractivity contribution in [2.24, 2.45) is 0 Å². The number of aromatic nitrogens is 2. The standard InChI is InChI=1S/C7H10ClN3O2/c8-5-6-9-10-7(13-6)11-1-3-12-4-2-11/h1-5H2. The number of hydrogen-bond acceptors (Lipinski definition) is 5. The normalized spacial score (nSPS) is 17.8. The van der Waals surface area contributed by atoms with E-state index in [2.05, 4.69) is 10.2 Å². The fourth-order valence-electron chi connectivity index (χ4n) is 1.18. The zero-order valence-corrected chi connectivity index (χ0v) is 7.83. The Hall–Kier alpha value is -0.810. The monoisotopic (exact) mass is 203 g/mol. The minimum atomic E-state index is 0.261. The largest absolute Gasteiger partial charge is 0.407 e. The van der Waals surface area contributed by atoms with E-state index in [4.69, 9.17) is 20.8 Å². The third-order valence-corrected chi connectivity index (χ3v) is 2.08. The molecule has 1 saturated heterocycles. The van der Waals surface area contributed by atoms with Crippen molar-refractivity contribution in [2.75, 3.05) is 31.2 Å². The highest BCUT2D eigenvalue weighted by Gasteiger charge is 2.16. The molecule has 0 N–H and O–H groups in total. The zero-order valence-electron chi connectivity index (χ0n) is 7.07. The predicted octanol–water partition coefficient (Wildman–Crippen LogP) is 0.645. The van der Waals surface area contributed by atoms with Gasteiger partial charge in [0.15, 0.2) is 0 Å². The third-order valence-electron chi connectivity index (χ3n) is 1.85. The molecule has 0 amide bonds. The average Bonchev–Trinajstić information content (AvgIpc) is 2.67. The van der Waals surface area contributed by atoms with Crippen LogP contribution < -0.4 is 4.90 Å². The van der Waals surface area contributed by atoms with Gasteiger partial charge in [0, 0.05) is 13.1 Å². The summed E-state index contributed by atoms with van der Waals surface area (Å²) < 4.78 is 10.5. The maximum absolute atomic E-state index is 5.54. The SMILES string of the molecule is ClCc1nnc(N2CCOCC2)o1. The highest BCUT2D eigenvalue weighted by Crippen LogP contribution is 2.14. The second kappa shape index (κ2) is 3.93. The minimum absolute atomic E-state index is 0.261. The van der Waals surface area contributed by atoms with Crippen molar-refractivity contribution in [1.29, 1.82) is 0 Å². The van der Waals surface area contributed by atoms with Crippen LogP contribution in [0.4, 0.5) is 6.01 Å². The maximum Gasteiger partial charge on any atom is 0.318 e. The molecule has 0 bridgehead atoms. The minimum Gasteiger partial charge on any atom is -0.407 e. The fourth-order valence-corrected chi connectivity index (χ4v) is 1.29. The van der Waals surface area contributed by atoms with E-state index in [0.717, 1.165) is 13.1 Å². The van der Waals surface area contributed by atoms with Gasteiger partial charge in [-0.2, -0.15) is 0 Å². The van der Waals surface area contributed by atoms with Gasteiger partial charge in [-0.25, -0.2) is 0 Å². The highest BCUT2D eigenvalue weighted by molar-refractivity contribution is 6.16. The topological polar surface area (TPSA) is 51.4 Å². The molecule has 1 aliphatic heterocycles. The summed E-state index contributed by atoms with van der Waals surface area (Å²) in [6.45, 7) is 3.00. The van der Waals surface area contributed by atoms with Gasteiger partial charge in [-0.15, -0.1) is 16.7 Å². The van der Waals surface area contributed by atoms with Crippen molar-refractivity contribution in [2.45, 2.75) is 5.88 Å². The number of morpholine rings is 1. The van der Waals surface area contributed by atoms with Gasteiger partial charge in [-0.1, -0.05) is 5.10 Å². The van der Waals surface area contributed by atoms with Crippen LogP contribution in [-0.4, -0.2) is 36.5 Å². The molecular formula is C7H10ClN3O2. The molecular weight excluding hydrogens is 194 g/mol. The smallest absolute Gasteiger partial charge is 0.318 e. The number of hydrogen-bond donors (Lipinski definition) is 0. The van der Waals surface area contributed by atoms with E-state index in [1.165, 1.54) is 0 Å². The first-order chi connectivity index (χ1) is 6.40. The lowest BCUT2D eigenvalue weighted by molar-refractivity contribution is 0.120. The molecule has 0 aromatic carbocycles. The Labute approximate surface area is 80.6 Å². The van der Waals surface area contributed by atoms with Gasteiger partial charge in [0.1, 0.15) is 5.88 Å². The summed E-state index contributed by atoms with van der Waals surface area (Å²) in [5.74, 6) is 0.723. The van der Waals surface area contributed by atoms with Crippen molar-refractivity contribution in [3.05, 3.63) is 5.89 Å². The van der Waals surface area contributed by atoms with E-state index in [9.17, 15) is 0 Å². The van der Waals surface area contributed by atoms with Crippen molar-refractivity contribution < 1.29 is 9.15 Å². The van der Waals surface area contributed by atoms with Gasteiger partial charge in [0.05, 0.1) is 13.2 Å². The van der Waals surface area contributed by atoms with Crippen molar-refractivity contribution in [3.63, 3.8) is 0 Å². The van der Waals surface area contributed by atoms with E-state index >= 15 is 0 Å². The molecule has 1 aromatic heterocycles. The van der Waals surface area contributed by atoms with Crippen LogP contribution in [-0.2, 0) is 10.6 Å². The quantitative estimate of drug-likeness (QED) is 0.661. The Bertz CT molecular complexity index is 272. The molecule has 1 aliphatic rings. The molecule has 0 spiro atoms. The van der Waals surface area contributed by atoms with Crippen LogP contribution in [0.2, 0.25) is 0 Å². The van der Waals surface area contributed by atoms with Crippen LogP contribution in [0.3, 0.4) is 0 Å². The van der Waals surface area contributed by atoms with Crippen LogP contribution in [0.5, 0.6) is 0 Å². The van der Waals surface area contributed by atoms with Crippen molar-refractivity contribution >= 4 is 17.6 Å². The molecule has 0 saturated carbocycles. The molecule has 1 fully saturated rings. The zero-order chi connectivity index (χ0) is 9.10. The Kier molecular flexibility index (Phi) is 2.65. The summed E-state index contributed by atoms with van der Waals surface area (Å²) in [5.41, 5.74) is 0. The molecule has 6 heteroatoms. The number of anilines is 1. The Morgan fingerprint density at radius 2 is 2.08 bits per heavy atom. The molecule has 2 heterocycles. The molecule has 0 unspecified atom stereocenters. The molecule has 5 nitrogen and oxygen atoms in total. The summed E-state index contributed by atoms with van der Waals surface area (Å²) in [7, 11) is 0. The second-order valence-electron chi connectivity index (χ2n) is 2.71. The summed E-state index contributed by atoms with van der Waals surface area (Å²) >= 11 is 5.54. The second-order valence-corrected chi connectivity index (χ2v) is 2.98.